The minimum absolute atomic E-state index is 0.0145. The molecular formula is C12H10FNO4. The topological polar surface area (TPSA) is 79.4 Å². The zero-order valence-electron chi connectivity index (χ0n) is 9.49. The van der Waals surface area contributed by atoms with Gasteiger partial charge in [-0.2, -0.15) is 0 Å². The number of hydrogen-bond donors (Lipinski definition) is 2. The van der Waals surface area contributed by atoms with Crippen LogP contribution in [0.4, 0.5) is 4.39 Å². The number of benzene rings is 1. The number of carboxylic acid groups (broad SMARTS) is 1. The number of aromatic carboxylic acids is 1. The van der Waals surface area contributed by atoms with Crippen LogP contribution in [0.15, 0.2) is 18.2 Å². The van der Waals surface area contributed by atoms with Gasteiger partial charge in [0, 0.05) is 5.39 Å². The van der Waals surface area contributed by atoms with Crippen molar-refractivity contribution >= 4 is 22.8 Å². The molecule has 0 radical (unpaired) electrons. The first-order valence-corrected chi connectivity index (χ1v) is 5.25. The fourth-order valence-corrected chi connectivity index (χ4v) is 1.69. The molecule has 2 aromatic rings. The van der Waals surface area contributed by atoms with Crippen LogP contribution >= 0.6 is 0 Å². The van der Waals surface area contributed by atoms with Gasteiger partial charge in [-0.25, -0.2) is 14.0 Å². The third kappa shape index (κ3) is 2.04. The molecule has 0 fully saturated rings. The van der Waals surface area contributed by atoms with Gasteiger partial charge in [0.15, 0.2) is 0 Å². The summed E-state index contributed by atoms with van der Waals surface area (Å²) in [5.41, 5.74) is 0.132. The number of H-pyrrole nitrogens is 1. The quantitative estimate of drug-likeness (QED) is 0.819. The minimum Gasteiger partial charge on any atom is -0.477 e. The molecule has 94 valence electrons. The molecule has 18 heavy (non-hydrogen) atoms. The molecule has 6 heteroatoms. The van der Waals surface area contributed by atoms with Crippen molar-refractivity contribution in [1.82, 2.24) is 4.98 Å². The van der Waals surface area contributed by atoms with E-state index in [1.165, 1.54) is 6.07 Å². The third-order valence-electron chi connectivity index (χ3n) is 2.42. The fraction of sp³-hybridized carbons (Fsp3) is 0.167. The summed E-state index contributed by atoms with van der Waals surface area (Å²) in [5.74, 6) is -2.50. The summed E-state index contributed by atoms with van der Waals surface area (Å²) < 4.78 is 18.1. The van der Waals surface area contributed by atoms with E-state index in [1.807, 2.05) is 0 Å². The maximum absolute atomic E-state index is 13.3. The molecule has 1 aromatic carbocycles. The molecule has 2 rings (SSSR count). The molecule has 0 unspecified atom stereocenters. The summed E-state index contributed by atoms with van der Waals surface area (Å²) in [6.07, 6.45) is 0. The lowest BCUT2D eigenvalue weighted by atomic mass is 10.1. The SMILES string of the molecule is CCOC(=O)c1cc(F)cc2cc(C(=O)O)[nH]c12. The van der Waals surface area contributed by atoms with Crippen molar-refractivity contribution < 1.29 is 23.8 Å². The molecule has 0 amide bonds. The summed E-state index contributed by atoms with van der Waals surface area (Å²) in [6.45, 7) is 1.79. The number of aromatic amines is 1. The number of carbonyl (C=O) groups is 2. The Morgan fingerprint density at radius 2 is 2.11 bits per heavy atom. The standard InChI is InChI=1S/C12H10FNO4/c1-2-18-12(17)8-5-7(13)3-6-4-9(11(15)16)14-10(6)8/h3-5,14H,2H2,1H3,(H,15,16). The van der Waals surface area contributed by atoms with Gasteiger partial charge < -0.3 is 14.8 Å². The maximum atomic E-state index is 13.3. The Bertz CT molecular complexity index is 632. The fourth-order valence-electron chi connectivity index (χ4n) is 1.69. The van der Waals surface area contributed by atoms with Gasteiger partial charge in [0.1, 0.15) is 11.5 Å². The minimum atomic E-state index is -1.18. The summed E-state index contributed by atoms with van der Waals surface area (Å²) in [4.78, 5) is 25.0. The summed E-state index contributed by atoms with van der Waals surface area (Å²) >= 11 is 0. The molecule has 0 aliphatic rings. The lowest BCUT2D eigenvalue weighted by molar-refractivity contribution is 0.0527. The van der Waals surface area contributed by atoms with Crippen LogP contribution in [-0.4, -0.2) is 28.6 Å². The Morgan fingerprint density at radius 3 is 2.72 bits per heavy atom. The molecular weight excluding hydrogens is 241 g/mol. The predicted molar refractivity (Wildman–Crippen MR) is 61.2 cm³/mol. The number of aromatic nitrogens is 1. The Balaban J connectivity index is 2.64. The van der Waals surface area contributed by atoms with E-state index in [1.54, 1.807) is 6.92 Å². The smallest absolute Gasteiger partial charge is 0.352 e. The molecule has 0 bridgehead atoms. The second-order valence-electron chi connectivity index (χ2n) is 3.63. The van der Waals surface area contributed by atoms with Crippen LogP contribution in [0.3, 0.4) is 0 Å². The lowest BCUT2D eigenvalue weighted by Crippen LogP contribution is -2.06. The highest BCUT2D eigenvalue weighted by molar-refractivity contribution is 6.05. The van der Waals surface area contributed by atoms with Crippen LogP contribution in [0.2, 0.25) is 0 Å². The van der Waals surface area contributed by atoms with Gasteiger partial charge in [-0.05, 0) is 25.1 Å². The van der Waals surface area contributed by atoms with E-state index in [2.05, 4.69) is 4.98 Å². The van der Waals surface area contributed by atoms with Gasteiger partial charge in [-0.1, -0.05) is 0 Å². The molecule has 0 saturated carbocycles. The average molecular weight is 251 g/mol. The zero-order valence-corrected chi connectivity index (χ0v) is 9.49. The van der Waals surface area contributed by atoms with Gasteiger partial charge in [0.05, 0.1) is 17.7 Å². The van der Waals surface area contributed by atoms with Gasteiger partial charge in [-0.3, -0.25) is 0 Å². The molecule has 0 aliphatic carbocycles. The molecule has 0 spiro atoms. The first-order valence-electron chi connectivity index (χ1n) is 5.25. The number of nitrogens with one attached hydrogen (secondary N) is 1. The van der Waals surface area contributed by atoms with E-state index in [0.717, 1.165) is 12.1 Å². The highest BCUT2D eigenvalue weighted by Crippen LogP contribution is 2.22. The summed E-state index contributed by atoms with van der Waals surface area (Å²) in [5, 5.41) is 9.16. The van der Waals surface area contributed by atoms with E-state index in [4.69, 9.17) is 9.84 Å². The zero-order chi connectivity index (χ0) is 13.3. The van der Waals surface area contributed by atoms with Crippen LogP contribution in [0.1, 0.15) is 27.8 Å². The van der Waals surface area contributed by atoms with Crippen LogP contribution in [-0.2, 0) is 4.74 Å². The van der Waals surface area contributed by atoms with Crippen LogP contribution in [0.5, 0.6) is 0 Å². The van der Waals surface area contributed by atoms with E-state index in [9.17, 15) is 14.0 Å². The lowest BCUT2D eigenvalue weighted by Gasteiger charge is -2.03. The van der Waals surface area contributed by atoms with Crippen molar-refractivity contribution in [2.75, 3.05) is 6.61 Å². The van der Waals surface area contributed by atoms with Crippen molar-refractivity contribution in [3.63, 3.8) is 0 Å². The number of carbonyl (C=O) groups excluding carboxylic acids is 1. The van der Waals surface area contributed by atoms with Crippen molar-refractivity contribution in [3.8, 4) is 0 Å². The van der Waals surface area contributed by atoms with Crippen LogP contribution in [0, 0.1) is 5.82 Å². The average Bonchev–Trinajstić information content (AvgIpc) is 2.71. The molecule has 0 atom stereocenters. The molecule has 1 aromatic heterocycles. The van der Waals surface area contributed by atoms with Crippen molar-refractivity contribution in [2.45, 2.75) is 6.92 Å². The molecule has 1 heterocycles. The molecule has 5 nitrogen and oxygen atoms in total. The Hall–Kier alpha value is -2.37. The molecule has 2 N–H and O–H groups in total. The monoisotopic (exact) mass is 251 g/mol. The van der Waals surface area contributed by atoms with Gasteiger partial charge in [-0.15, -0.1) is 0 Å². The van der Waals surface area contributed by atoms with E-state index in [0.29, 0.717) is 5.39 Å². The van der Waals surface area contributed by atoms with Crippen LogP contribution in [0.25, 0.3) is 10.9 Å². The van der Waals surface area contributed by atoms with Gasteiger partial charge in [0.25, 0.3) is 0 Å². The second-order valence-corrected chi connectivity index (χ2v) is 3.63. The van der Waals surface area contributed by atoms with E-state index >= 15 is 0 Å². The number of hydrogen-bond acceptors (Lipinski definition) is 3. The normalized spacial score (nSPS) is 10.6. The van der Waals surface area contributed by atoms with E-state index < -0.39 is 17.8 Å². The number of esters is 1. The number of halogens is 1. The Labute approximate surface area is 101 Å². The molecule has 0 saturated heterocycles. The van der Waals surface area contributed by atoms with Crippen LogP contribution < -0.4 is 0 Å². The number of rotatable bonds is 3. The molecule has 0 aliphatic heterocycles. The Kier molecular flexibility index (Phi) is 3.01. The first-order chi connectivity index (χ1) is 8.52. The first kappa shape index (κ1) is 12.1. The van der Waals surface area contributed by atoms with Gasteiger partial charge in [0.2, 0.25) is 0 Å². The van der Waals surface area contributed by atoms with E-state index in [-0.39, 0.29) is 23.4 Å². The van der Waals surface area contributed by atoms with Crippen molar-refractivity contribution in [1.29, 1.82) is 0 Å². The summed E-state index contributed by atoms with van der Waals surface area (Å²) in [7, 11) is 0. The Morgan fingerprint density at radius 1 is 1.39 bits per heavy atom. The highest BCUT2D eigenvalue weighted by atomic mass is 19.1. The largest absolute Gasteiger partial charge is 0.477 e. The van der Waals surface area contributed by atoms with Crippen molar-refractivity contribution in [3.05, 3.63) is 35.3 Å². The predicted octanol–water partition coefficient (Wildman–Crippen LogP) is 2.18. The second kappa shape index (κ2) is 4.48. The number of ether oxygens (including phenoxy) is 1. The summed E-state index contributed by atoms with van der Waals surface area (Å²) in [6, 6.07) is 3.44. The van der Waals surface area contributed by atoms with Crippen molar-refractivity contribution in [2.24, 2.45) is 0 Å². The maximum Gasteiger partial charge on any atom is 0.352 e. The van der Waals surface area contributed by atoms with Gasteiger partial charge >= 0.3 is 11.9 Å². The number of fused-ring (bicyclic) bond motifs is 1. The number of carboxylic acids is 1. The highest BCUT2D eigenvalue weighted by Gasteiger charge is 2.17. The third-order valence-corrected chi connectivity index (χ3v) is 2.42.